The molecule has 1 aromatic carbocycles. The highest BCUT2D eigenvalue weighted by atomic mass is 16.5. The number of amides is 1. The maximum absolute atomic E-state index is 11.7. The van der Waals surface area contributed by atoms with Crippen LogP contribution < -0.4 is 5.32 Å². The van der Waals surface area contributed by atoms with Gasteiger partial charge in [-0.25, -0.2) is 0 Å². The summed E-state index contributed by atoms with van der Waals surface area (Å²) in [5.41, 5.74) is 1.94. The van der Waals surface area contributed by atoms with Crippen molar-refractivity contribution in [2.75, 3.05) is 18.5 Å². The van der Waals surface area contributed by atoms with Crippen molar-refractivity contribution in [1.29, 1.82) is 5.26 Å². The molecular weight excluding hydrogens is 228 g/mol. The number of nitrogens with one attached hydrogen (secondary N) is 1. The SMILES string of the molecule is CCCOCCC(=O)Nc1cccc(C)c1C#N. The number of benzene rings is 1. The van der Waals surface area contributed by atoms with Gasteiger partial charge in [-0.1, -0.05) is 19.1 Å². The lowest BCUT2D eigenvalue weighted by Crippen LogP contribution is -2.15. The fraction of sp³-hybridized carbons (Fsp3) is 0.429. The van der Waals surface area contributed by atoms with Crippen LogP contribution in [0.3, 0.4) is 0 Å². The second kappa shape index (κ2) is 7.46. The number of rotatable bonds is 6. The lowest BCUT2D eigenvalue weighted by Gasteiger charge is -2.08. The maximum Gasteiger partial charge on any atom is 0.226 e. The summed E-state index contributed by atoms with van der Waals surface area (Å²) in [6.45, 7) is 4.94. The Kier molecular flexibility index (Phi) is 5.89. The van der Waals surface area contributed by atoms with Gasteiger partial charge in [-0.2, -0.15) is 5.26 Å². The number of nitriles is 1. The Bertz CT molecular complexity index is 450. The van der Waals surface area contributed by atoms with Crippen LogP contribution in [0.4, 0.5) is 5.69 Å². The summed E-state index contributed by atoms with van der Waals surface area (Å²) in [7, 11) is 0. The van der Waals surface area contributed by atoms with Gasteiger partial charge >= 0.3 is 0 Å². The standard InChI is InChI=1S/C14H18N2O2/c1-3-8-18-9-7-14(17)16-13-6-4-5-11(2)12(13)10-15/h4-6H,3,7-9H2,1-2H3,(H,16,17). The van der Waals surface area contributed by atoms with Gasteiger partial charge in [0.15, 0.2) is 0 Å². The van der Waals surface area contributed by atoms with E-state index in [0.29, 0.717) is 30.9 Å². The number of ether oxygens (including phenoxy) is 1. The fourth-order valence-electron chi connectivity index (χ4n) is 1.54. The van der Waals surface area contributed by atoms with E-state index < -0.39 is 0 Å². The molecule has 0 saturated carbocycles. The molecule has 18 heavy (non-hydrogen) atoms. The third kappa shape index (κ3) is 4.19. The summed E-state index contributed by atoms with van der Waals surface area (Å²) in [6.07, 6.45) is 1.25. The molecule has 0 heterocycles. The molecule has 0 aliphatic rings. The maximum atomic E-state index is 11.7. The van der Waals surface area contributed by atoms with Gasteiger partial charge in [0, 0.05) is 6.61 Å². The number of hydrogen-bond donors (Lipinski definition) is 1. The monoisotopic (exact) mass is 246 g/mol. The minimum Gasteiger partial charge on any atom is -0.381 e. The predicted octanol–water partition coefficient (Wildman–Crippen LogP) is 2.62. The van der Waals surface area contributed by atoms with Gasteiger partial charge in [0.25, 0.3) is 0 Å². The van der Waals surface area contributed by atoms with Crippen LogP contribution in [-0.2, 0) is 9.53 Å². The zero-order valence-corrected chi connectivity index (χ0v) is 10.8. The Morgan fingerprint density at radius 2 is 2.22 bits per heavy atom. The topological polar surface area (TPSA) is 62.1 Å². The Morgan fingerprint density at radius 1 is 1.44 bits per heavy atom. The van der Waals surface area contributed by atoms with E-state index in [1.54, 1.807) is 6.07 Å². The average molecular weight is 246 g/mol. The molecule has 0 aromatic heterocycles. The highest BCUT2D eigenvalue weighted by Crippen LogP contribution is 2.18. The quantitative estimate of drug-likeness (QED) is 0.785. The van der Waals surface area contributed by atoms with Crippen molar-refractivity contribution in [2.45, 2.75) is 26.7 Å². The van der Waals surface area contributed by atoms with Gasteiger partial charge in [-0.3, -0.25) is 4.79 Å². The van der Waals surface area contributed by atoms with E-state index in [0.717, 1.165) is 12.0 Å². The average Bonchev–Trinajstić information content (AvgIpc) is 2.35. The van der Waals surface area contributed by atoms with Crippen LogP contribution >= 0.6 is 0 Å². The molecule has 1 amide bonds. The van der Waals surface area contributed by atoms with E-state index in [1.165, 1.54) is 0 Å². The molecule has 96 valence electrons. The Balaban J connectivity index is 2.55. The summed E-state index contributed by atoms with van der Waals surface area (Å²) in [6, 6.07) is 7.50. The second-order valence-electron chi connectivity index (χ2n) is 4.02. The van der Waals surface area contributed by atoms with E-state index in [9.17, 15) is 4.79 Å². The van der Waals surface area contributed by atoms with Gasteiger partial charge < -0.3 is 10.1 Å². The van der Waals surface area contributed by atoms with Crippen LogP contribution in [0.25, 0.3) is 0 Å². The summed E-state index contributed by atoms with van der Waals surface area (Å²) in [4.78, 5) is 11.7. The molecule has 1 N–H and O–H groups in total. The van der Waals surface area contributed by atoms with Crippen LogP contribution in [0, 0.1) is 18.3 Å². The lowest BCUT2D eigenvalue weighted by atomic mass is 10.1. The molecule has 0 bridgehead atoms. The third-order valence-electron chi connectivity index (χ3n) is 2.48. The molecule has 0 atom stereocenters. The molecule has 0 radical (unpaired) electrons. The van der Waals surface area contributed by atoms with Gasteiger partial charge in [-0.15, -0.1) is 0 Å². The van der Waals surface area contributed by atoms with Gasteiger partial charge in [-0.05, 0) is 25.0 Å². The minimum absolute atomic E-state index is 0.131. The van der Waals surface area contributed by atoms with Crippen LogP contribution in [0.2, 0.25) is 0 Å². The molecule has 0 fully saturated rings. The number of carbonyl (C=O) groups excluding carboxylic acids is 1. The zero-order valence-electron chi connectivity index (χ0n) is 10.8. The lowest BCUT2D eigenvalue weighted by molar-refractivity contribution is -0.117. The molecular formula is C14H18N2O2. The first-order chi connectivity index (χ1) is 8.69. The van der Waals surface area contributed by atoms with Crippen LogP contribution in [0.1, 0.15) is 30.9 Å². The normalized spacial score (nSPS) is 9.83. The largest absolute Gasteiger partial charge is 0.381 e. The second-order valence-corrected chi connectivity index (χ2v) is 4.02. The van der Waals surface area contributed by atoms with Crippen LogP contribution in [-0.4, -0.2) is 19.1 Å². The smallest absolute Gasteiger partial charge is 0.226 e. The third-order valence-corrected chi connectivity index (χ3v) is 2.48. The van der Waals surface area contributed by atoms with Gasteiger partial charge in [0.2, 0.25) is 5.91 Å². The van der Waals surface area contributed by atoms with Crippen molar-refractivity contribution in [3.05, 3.63) is 29.3 Å². The van der Waals surface area contributed by atoms with E-state index in [2.05, 4.69) is 11.4 Å². The van der Waals surface area contributed by atoms with Crippen molar-refractivity contribution in [3.63, 3.8) is 0 Å². The molecule has 0 aliphatic heterocycles. The first-order valence-electron chi connectivity index (χ1n) is 6.06. The van der Waals surface area contributed by atoms with Crippen LogP contribution in [0.15, 0.2) is 18.2 Å². The summed E-state index contributed by atoms with van der Waals surface area (Å²) < 4.78 is 5.25. The molecule has 0 unspecified atom stereocenters. The molecule has 1 rings (SSSR count). The first kappa shape index (κ1) is 14.2. The van der Waals surface area contributed by atoms with E-state index in [-0.39, 0.29) is 5.91 Å². The zero-order chi connectivity index (χ0) is 13.4. The number of carbonyl (C=O) groups is 1. The molecule has 1 aromatic rings. The van der Waals surface area contributed by atoms with Gasteiger partial charge in [0.05, 0.1) is 24.3 Å². The molecule has 0 aliphatic carbocycles. The predicted molar refractivity (Wildman–Crippen MR) is 70.3 cm³/mol. The number of aryl methyl sites for hydroxylation is 1. The Morgan fingerprint density at radius 3 is 2.89 bits per heavy atom. The summed E-state index contributed by atoms with van der Waals surface area (Å²) in [5, 5.41) is 11.8. The van der Waals surface area contributed by atoms with Crippen molar-refractivity contribution < 1.29 is 9.53 Å². The van der Waals surface area contributed by atoms with Crippen LogP contribution in [0.5, 0.6) is 0 Å². The minimum atomic E-state index is -0.131. The molecule has 4 heteroatoms. The summed E-state index contributed by atoms with van der Waals surface area (Å²) in [5.74, 6) is -0.131. The fourth-order valence-corrected chi connectivity index (χ4v) is 1.54. The first-order valence-corrected chi connectivity index (χ1v) is 6.06. The Labute approximate surface area is 108 Å². The van der Waals surface area contributed by atoms with Crippen molar-refractivity contribution in [2.24, 2.45) is 0 Å². The highest BCUT2D eigenvalue weighted by molar-refractivity contribution is 5.92. The van der Waals surface area contributed by atoms with Crippen molar-refractivity contribution in [3.8, 4) is 6.07 Å². The van der Waals surface area contributed by atoms with E-state index in [4.69, 9.17) is 10.00 Å². The molecule has 0 saturated heterocycles. The van der Waals surface area contributed by atoms with Crippen molar-refractivity contribution in [1.82, 2.24) is 0 Å². The number of hydrogen-bond acceptors (Lipinski definition) is 3. The number of nitrogens with zero attached hydrogens (tertiary/aromatic N) is 1. The molecule has 4 nitrogen and oxygen atoms in total. The van der Waals surface area contributed by atoms with Crippen molar-refractivity contribution >= 4 is 11.6 Å². The molecule has 0 spiro atoms. The number of anilines is 1. The van der Waals surface area contributed by atoms with E-state index in [1.807, 2.05) is 26.0 Å². The summed E-state index contributed by atoms with van der Waals surface area (Å²) >= 11 is 0. The highest BCUT2D eigenvalue weighted by Gasteiger charge is 2.08. The Hall–Kier alpha value is -1.86. The van der Waals surface area contributed by atoms with E-state index >= 15 is 0 Å². The van der Waals surface area contributed by atoms with Gasteiger partial charge in [0.1, 0.15) is 6.07 Å².